The van der Waals surface area contributed by atoms with E-state index in [2.05, 4.69) is 6.07 Å². The molecule has 1 amide bonds. The van der Waals surface area contributed by atoms with Crippen LogP contribution >= 0.6 is 11.3 Å². The van der Waals surface area contributed by atoms with Gasteiger partial charge in [0.25, 0.3) is 0 Å². The van der Waals surface area contributed by atoms with E-state index in [4.69, 9.17) is 9.72 Å². The minimum atomic E-state index is -0.749. The molecule has 2 aromatic rings. The van der Waals surface area contributed by atoms with Gasteiger partial charge in [0.1, 0.15) is 0 Å². The van der Waals surface area contributed by atoms with E-state index in [1.807, 2.05) is 18.2 Å². The van der Waals surface area contributed by atoms with Crippen molar-refractivity contribution in [1.29, 1.82) is 0 Å². The van der Waals surface area contributed by atoms with Crippen molar-refractivity contribution in [1.82, 2.24) is 9.88 Å². The maximum atomic E-state index is 11.9. The van der Waals surface area contributed by atoms with Crippen molar-refractivity contribution >= 4 is 33.4 Å². The highest BCUT2D eigenvalue weighted by Gasteiger charge is 2.29. The van der Waals surface area contributed by atoms with Crippen molar-refractivity contribution in [2.45, 2.75) is 25.7 Å². The molecule has 2 heterocycles. The molecular formula is C16H18N2O3S. The normalized spacial score (nSPS) is 16.0. The van der Waals surface area contributed by atoms with E-state index < -0.39 is 11.9 Å². The van der Waals surface area contributed by atoms with Crippen LogP contribution in [-0.2, 0) is 14.3 Å². The fourth-order valence-corrected chi connectivity index (χ4v) is 3.85. The number of hydrogen-bond acceptors (Lipinski definition) is 5. The average Bonchev–Trinajstić information content (AvgIpc) is 2.98. The lowest BCUT2D eigenvalue weighted by atomic mass is 9.97. The van der Waals surface area contributed by atoms with Gasteiger partial charge in [0.05, 0.1) is 21.8 Å². The summed E-state index contributed by atoms with van der Waals surface area (Å²) in [5.41, 5.74) is 1.03. The molecule has 5 nitrogen and oxygen atoms in total. The number of para-hydroxylation sites is 1. The summed E-state index contributed by atoms with van der Waals surface area (Å²) in [6.45, 7) is 3.09. The molecular weight excluding hydrogens is 300 g/mol. The molecule has 1 saturated heterocycles. The van der Waals surface area contributed by atoms with Crippen LogP contribution in [0.1, 0.15) is 30.7 Å². The number of rotatable bonds is 2. The van der Waals surface area contributed by atoms with Crippen molar-refractivity contribution in [2.75, 3.05) is 19.7 Å². The van der Waals surface area contributed by atoms with E-state index in [9.17, 15) is 9.59 Å². The number of piperidine rings is 1. The highest BCUT2D eigenvalue weighted by molar-refractivity contribution is 7.18. The maximum Gasteiger partial charge on any atom is 0.397 e. The predicted molar refractivity (Wildman–Crippen MR) is 84.8 cm³/mol. The smallest absolute Gasteiger partial charge is 0.397 e. The molecule has 1 aromatic carbocycles. The van der Waals surface area contributed by atoms with Crippen molar-refractivity contribution in [2.24, 2.45) is 0 Å². The van der Waals surface area contributed by atoms with E-state index in [-0.39, 0.29) is 6.61 Å². The molecule has 1 aliphatic rings. The van der Waals surface area contributed by atoms with Crippen LogP contribution in [0.3, 0.4) is 0 Å². The van der Waals surface area contributed by atoms with E-state index >= 15 is 0 Å². The number of esters is 1. The Morgan fingerprint density at radius 1 is 1.32 bits per heavy atom. The number of aromatic nitrogens is 1. The molecule has 3 rings (SSSR count). The lowest BCUT2D eigenvalue weighted by Crippen LogP contribution is -2.42. The zero-order valence-electron chi connectivity index (χ0n) is 12.4. The quantitative estimate of drug-likeness (QED) is 0.631. The number of likely N-dealkylation sites (tertiary alicyclic amines) is 1. The third-order valence-electron chi connectivity index (χ3n) is 3.89. The second-order valence-electron chi connectivity index (χ2n) is 5.31. The summed E-state index contributed by atoms with van der Waals surface area (Å²) in [6, 6.07) is 8.11. The third kappa shape index (κ3) is 2.97. The second kappa shape index (κ2) is 6.44. The molecule has 0 radical (unpaired) electrons. The zero-order chi connectivity index (χ0) is 15.5. The van der Waals surface area contributed by atoms with Gasteiger partial charge in [-0.3, -0.25) is 4.79 Å². The summed E-state index contributed by atoms with van der Waals surface area (Å²) in [7, 11) is 0. The van der Waals surface area contributed by atoms with Crippen LogP contribution < -0.4 is 0 Å². The minimum absolute atomic E-state index is 0.229. The first kappa shape index (κ1) is 15.0. The van der Waals surface area contributed by atoms with E-state index in [0.29, 0.717) is 19.0 Å². The summed E-state index contributed by atoms with van der Waals surface area (Å²) in [5.74, 6) is -0.908. The monoisotopic (exact) mass is 318 g/mol. The van der Waals surface area contributed by atoms with Gasteiger partial charge in [-0.25, -0.2) is 9.78 Å². The standard InChI is InChI=1S/C16H18N2O3S/c1-2-21-16(20)15(19)18-9-7-11(8-10-18)14-17-12-5-3-4-6-13(12)22-14/h3-6,11H,2,7-10H2,1H3. The molecule has 0 N–H and O–H groups in total. The van der Waals surface area contributed by atoms with Crippen molar-refractivity contribution in [3.63, 3.8) is 0 Å². The Morgan fingerprint density at radius 2 is 2.05 bits per heavy atom. The average molecular weight is 318 g/mol. The van der Waals surface area contributed by atoms with Crippen LogP contribution in [0.5, 0.6) is 0 Å². The van der Waals surface area contributed by atoms with Gasteiger partial charge in [0.2, 0.25) is 0 Å². The summed E-state index contributed by atoms with van der Waals surface area (Å²) in [6.07, 6.45) is 1.68. The van der Waals surface area contributed by atoms with E-state index in [1.54, 1.807) is 23.2 Å². The molecule has 0 bridgehead atoms. The first-order chi connectivity index (χ1) is 10.7. The van der Waals surface area contributed by atoms with Crippen LogP contribution in [0, 0.1) is 0 Å². The number of fused-ring (bicyclic) bond motifs is 1. The van der Waals surface area contributed by atoms with E-state index in [0.717, 1.165) is 23.4 Å². The van der Waals surface area contributed by atoms with Crippen molar-refractivity contribution in [3.8, 4) is 0 Å². The van der Waals surface area contributed by atoms with Crippen LogP contribution in [0.15, 0.2) is 24.3 Å². The zero-order valence-corrected chi connectivity index (χ0v) is 13.3. The van der Waals surface area contributed by atoms with Gasteiger partial charge in [0, 0.05) is 19.0 Å². The largest absolute Gasteiger partial charge is 0.459 e. The molecule has 22 heavy (non-hydrogen) atoms. The Kier molecular flexibility index (Phi) is 4.38. The maximum absolute atomic E-state index is 11.9. The summed E-state index contributed by atoms with van der Waals surface area (Å²) in [5, 5.41) is 1.13. The lowest BCUT2D eigenvalue weighted by Gasteiger charge is -2.30. The van der Waals surface area contributed by atoms with Crippen molar-refractivity contribution < 1.29 is 14.3 Å². The third-order valence-corrected chi connectivity index (χ3v) is 5.09. The van der Waals surface area contributed by atoms with Crippen molar-refractivity contribution in [3.05, 3.63) is 29.3 Å². The Labute approximate surface area is 132 Å². The molecule has 116 valence electrons. The molecule has 6 heteroatoms. The van der Waals surface area contributed by atoms with Crippen LogP contribution in [0.2, 0.25) is 0 Å². The van der Waals surface area contributed by atoms with Gasteiger partial charge in [0.15, 0.2) is 0 Å². The number of nitrogens with zero attached hydrogens (tertiary/aromatic N) is 2. The minimum Gasteiger partial charge on any atom is -0.459 e. The summed E-state index contributed by atoms with van der Waals surface area (Å²) in [4.78, 5) is 29.7. The number of carbonyl (C=O) groups is 2. The van der Waals surface area contributed by atoms with Gasteiger partial charge >= 0.3 is 11.9 Å². The van der Waals surface area contributed by atoms with Gasteiger partial charge < -0.3 is 9.64 Å². The highest BCUT2D eigenvalue weighted by atomic mass is 32.1. The SMILES string of the molecule is CCOC(=O)C(=O)N1CCC(c2nc3ccccc3s2)CC1. The number of ether oxygens (including phenoxy) is 1. The Balaban J connectivity index is 1.64. The molecule has 0 spiro atoms. The van der Waals surface area contributed by atoms with E-state index in [1.165, 1.54) is 4.70 Å². The van der Waals surface area contributed by atoms with Gasteiger partial charge in [-0.1, -0.05) is 12.1 Å². The molecule has 0 saturated carbocycles. The topological polar surface area (TPSA) is 59.5 Å². The molecule has 1 fully saturated rings. The molecule has 0 unspecified atom stereocenters. The second-order valence-corrected chi connectivity index (χ2v) is 6.37. The van der Waals surface area contributed by atoms with Gasteiger partial charge in [-0.2, -0.15) is 0 Å². The summed E-state index contributed by atoms with van der Waals surface area (Å²) < 4.78 is 5.96. The number of amides is 1. The fourth-order valence-electron chi connectivity index (χ4n) is 2.72. The molecule has 0 aliphatic carbocycles. The Bertz CT molecular complexity index is 657. The lowest BCUT2D eigenvalue weighted by molar-refractivity contribution is -0.160. The Hall–Kier alpha value is -1.95. The van der Waals surface area contributed by atoms with Crippen LogP contribution in [-0.4, -0.2) is 41.5 Å². The molecule has 0 atom stereocenters. The number of hydrogen-bond donors (Lipinski definition) is 0. The first-order valence-electron chi connectivity index (χ1n) is 7.50. The predicted octanol–water partition coefficient (Wildman–Crippen LogP) is 2.57. The van der Waals surface area contributed by atoms with Gasteiger partial charge in [-0.05, 0) is 31.9 Å². The van der Waals surface area contributed by atoms with Crippen LogP contribution in [0.4, 0.5) is 0 Å². The fraction of sp³-hybridized carbons (Fsp3) is 0.438. The van der Waals surface area contributed by atoms with Gasteiger partial charge in [-0.15, -0.1) is 11.3 Å². The Morgan fingerprint density at radius 3 is 2.73 bits per heavy atom. The highest BCUT2D eigenvalue weighted by Crippen LogP contribution is 2.33. The number of benzene rings is 1. The molecule has 1 aliphatic heterocycles. The number of thiazole rings is 1. The first-order valence-corrected chi connectivity index (χ1v) is 8.32. The van der Waals surface area contributed by atoms with Crippen LogP contribution in [0.25, 0.3) is 10.2 Å². The number of carbonyl (C=O) groups excluding carboxylic acids is 2. The molecule has 1 aromatic heterocycles. The summed E-state index contributed by atoms with van der Waals surface area (Å²) >= 11 is 1.72.